The van der Waals surface area contributed by atoms with E-state index in [0.717, 1.165) is 17.3 Å². The number of aliphatic carboxylic acids is 1. The molecule has 0 amide bonds. The number of carboxylic acids is 1. The molecule has 0 radical (unpaired) electrons. The molecule has 0 spiro atoms. The first-order valence-corrected chi connectivity index (χ1v) is 9.53. The Morgan fingerprint density at radius 2 is 2.04 bits per heavy atom. The Labute approximate surface area is 161 Å². The summed E-state index contributed by atoms with van der Waals surface area (Å²) in [5, 5.41) is 12.6. The van der Waals surface area contributed by atoms with Gasteiger partial charge in [-0.2, -0.15) is 0 Å². The van der Waals surface area contributed by atoms with Crippen LogP contribution in [0, 0.1) is 0 Å². The zero-order chi connectivity index (χ0) is 18.4. The van der Waals surface area contributed by atoms with Gasteiger partial charge in [0.15, 0.2) is 5.16 Å². The van der Waals surface area contributed by atoms with Gasteiger partial charge in [-0.05, 0) is 31.5 Å². The number of benzene rings is 1. The van der Waals surface area contributed by atoms with Crippen molar-refractivity contribution < 1.29 is 9.90 Å². The van der Waals surface area contributed by atoms with E-state index in [1.165, 1.54) is 11.3 Å². The van der Waals surface area contributed by atoms with Crippen LogP contribution in [0.15, 0.2) is 33.5 Å². The molecule has 2 aromatic heterocycles. The number of halogens is 2. The number of aromatic amines is 1. The summed E-state index contributed by atoms with van der Waals surface area (Å²) in [6, 6.07) is 5.15. The van der Waals surface area contributed by atoms with Crippen molar-refractivity contribution in [2.75, 3.05) is 0 Å². The zero-order valence-corrected chi connectivity index (χ0v) is 16.2. The van der Waals surface area contributed by atoms with Gasteiger partial charge in [0.05, 0.1) is 15.4 Å². The number of carbonyl (C=O) groups is 1. The molecule has 0 aliphatic heterocycles. The van der Waals surface area contributed by atoms with Crippen molar-refractivity contribution in [2.45, 2.75) is 23.8 Å². The number of nitrogens with zero attached hydrogens (tertiary/aromatic N) is 1. The van der Waals surface area contributed by atoms with Crippen LogP contribution >= 0.6 is 46.3 Å². The molecule has 3 aromatic rings. The summed E-state index contributed by atoms with van der Waals surface area (Å²) >= 11 is 14.3. The Kier molecular flexibility index (Phi) is 4.85. The molecule has 0 saturated heterocycles. The van der Waals surface area contributed by atoms with Gasteiger partial charge in [-0.3, -0.25) is 9.59 Å². The van der Waals surface area contributed by atoms with Gasteiger partial charge in [-0.25, -0.2) is 4.98 Å². The molecule has 2 N–H and O–H groups in total. The van der Waals surface area contributed by atoms with Gasteiger partial charge in [0.1, 0.15) is 9.58 Å². The normalized spacial score (nSPS) is 11.8. The summed E-state index contributed by atoms with van der Waals surface area (Å²) in [7, 11) is 0. The molecule has 130 valence electrons. The Morgan fingerprint density at radius 1 is 1.32 bits per heavy atom. The molecule has 0 aliphatic rings. The largest absolute Gasteiger partial charge is 0.480 e. The minimum Gasteiger partial charge on any atom is -0.480 e. The van der Waals surface area contributed by atoms with Crippen molar-refractivity contribution in [3.05, 3.63) is 44.0 Å². The maximum Gasteiger partial charge on any atom is 0.319 e. The molecule has 0 saturated carbocycles. The molecule has 0 bridgehead atoms. The third kappa shape index (κ3) is 3.55. The Bertz CT molecular complexity index is 1040. The predicted molar refractivity (Wildman–Crippen MR) is 103 cm³/mol. The summed E-state index contributed by atoms with van der Waals surface area (Å²) in [6.07, 6.45) is 0. The van der Waals surface area contributed by atoms with Crippen molar-refractivity contribution in [3.63, 3.8) is 0 Å². The van der Waals surface area contributed by atoms with E-state index >= 15 is 0 Å². The van der Waals surface area contributed by atoms with Crippen LogP contribution in [-0.4, -0.2) is 25.8 Å². The summed E-state index contributed by atoms with van der Waals surface area (Å²) in [5.41, 5.74) is 1.15. The minimum absolute atomic E-state index is 0.271. The standard InChI is InChI=1S/C16H12Cl2N2O3S2/c1-16(2,14(22)23)25-15-19-12(21)11-8(6-24-13(11)20-15)7-3-4-9(17)10(18)5-7/h3-6H,1-2H3,(H,22,23)(H,19,20,21). The van der Waals surface area contributed by atoms with E-state index in [2.05, 4.69) is 9.97 Å². The number of nitrogens with one attached hydrogen (secondary N) is 1. The van der Waals surface area contributed by atoms with Crippen molar-refractivity contribution in [1.82, 2.24) is 9.97 Å². The van der Waals surface area contributed by atoms with Crippen molar-refractivity contribution in [3.8, 4) is 11.1 Å². The number of fused-ring (bicyclic) bond motifs is 1. The highest BCUT2D eigenvalue weighted by molar-refractivity contribution is 8.01. The summed E-state index contributed by atoms with van der Waals surface area (Å²) in [4.78, 5) is 31.4. The maximum absolute atomic E-state index is 12.6. The molecular weight excluding hydrogens is 403 g/mol. The van der Waals surface area contributed by atoms with Gasteiger partial charge in [0, 0.05) is 10.9 Å². The molecule has 9 heteroatoms. The van der Waals surface area contributed by atoms with E-state index in [9.17, 15) is 14.7 Å². The van der Waals surface area contributed by atoms with Gasteiger partial charge < -0.3 is 10.1 Å². The number of hydrogen-bond donors (Lipinski definition) is 2. The van der Waals surface area contributed by atoms with Gasteiger partial charge >= 0.3 is 5.97 Å². The fourth-order valence-electron chi connectivity index (χ4n) is 2.14. The summed E-state index contributed by atoms with van der Waals surface area (Å²) < 4.78 is -1.10. The lowest BCUT2D eigenvalue weighted by Gasteiger charge is -2.16. The quantitative estimate of drug-likeness (QED) is 0.467. The first-order valence-electron chi connectivity index (χ1n) is 7.08. The first-order chi connectivity index (χ1) is 11.7. The fraction of sp³-hybridized carbons (Fsp3) is 0.188. The zero-order valence-electron chi connectivity index (χ0n) is 13.1. The van der Waals surface area contributed by atoms with Crippen LogP contribution < -0.4 is 5.56 Å². The van der Waals surface area contributed by atoms with E-state index in [-0.39, 0.29) is 10.7 Å². The minimum atomic E-state index is -1.10. The number of thiophene rings is 1. The topological polar surface area (TPSA) is 83.0 Å². The van der Waals surface area contributed by atoms with Gasteiger partial charge in [-0.1, -0.05) is 41.0 Å². The van der Waals surface area contributed by atoms with Crippen molar-refractivity contribution in [1.29, 1.82) is 0 Å². The highest BCUT2D eigenvalue weighted by atomic mass is 35.5. The molecule has 2 heterocycles. The van der Waals surface area contributed by atoms with E-state index in [0.29, 0.717) is 25.8 Å². The van der Waals surface area contributed by atoms with Crippen molar-refractivity contribution in [2.24, 2.45) is 0 Å². The molecule has 0 aliphatic carbocycles. The lowest BCUT2D eigenvalue weighted by Crippen LogP contribution is -2.27. The SMILES string of the molecule is CC(C)(Sc1nc2scc(-c3ccc(Cl)c(Cl)c3)c2c(=O)[nH]1)C(=O)O. The predicted octanol–water partition coefficient (Wildman–Crippen LogP) is 4.91. The van der Waals surface area contributed by atoms with Crippen LogP contribution in [0.25, 0.3) is 21.3 Å². The molecule has 1 aromatic carbocycles. The second-order valence-electron chi connectivity index (χ2n) is 5.75. The number of carboxylic acid groups (broad SMARTS) is 1. The van der Waals surface area contributed by atoms with E-state index < -0.39 is 10.7 Å². The molecular formula is C16H12Cl2N2O3S2. The van der Waals surface area contributed by atoms with Crippen LogP contribution in [-0.2, 0) is 4.79 Å². The Morgan fingerprint density at radius 3 is 2.68 bits per heavy atom. The van der Waals surface area contributed by atoms with Crippen LogP contribution in [0.3, 0.4) is 0 Å². The Hall–Kier alpha value is -1.54. The maximum atomic E-state index is 12.6. The van der Waals surface area contributed by atoms with Crippen molar-refractivity contribution >= 4 is 62.5 Å². The third-order valence-corrected chi connectivity index (χ3v) is 6.20. The number of aromatic nitrogens is 2. The number of rotatable bonds is 4. The van der Waals surface area contributed by atoms with Crippen LogP contribution in [0.1, 0.15) is 13.8 Å². The number of thioether (sulfide) groups is 1. The Balaban J connectivity index is 2.09. The summed E-state index contributed by atoms with van der Waals surface area (Å²) in [6.45, 7) is 3.11. The van der Waals surface area contributed by atoms with E-state index in [1.54, 1.807) is 32.0 Å². The fourth-order valence-corrected chi connectivity index (χ4v) is 4.29. The van der Waals surface area contributed by atoms with Gasteiger partial charge in [-0.15, -0.1) is 11.3 Å². The average Bonchev–Trinajstić information content (AvgIpc) is 2.94. The highest BCUT2D eigenvalue weighted by Crippen LogP contribution is 2.36. The molecule has 0 atom stereocenters. The number of H-pyrrole nitrogens is 1. The van der Waals surface area contributed by atoms with Crippen LogP contribution in [0.5, 0.6) is 0 Å². The highest BCUT2D eigenvalue weighted by Gasteiger charge is 2.30. The van der Waals surface area contributed by atoms with E-state index in [1.807, 2.05) is 5.38 Å². The number of hydrogen-bond acceptors (Lipinski definition) is 5. The molecule has 0 fully saturated rings. The smallest absolute Gasteiger partial charge is 0.319 e. The van der Waals surface area contributed by atoms with Crippen LogP contribution in [0.2, 0.25) is 10.0 Å². The molecule has 3 rings (SSSR count). The third-order valence-electron chi connectivity index (χ3n) is 3.52. The summed E-state index contributed by atoms with van der Waals surface area (Å²) in [5.74, 6) is -0.983. The first kappa shape index (κ1) is 18.3. The second-order valence-corrected chi connectivity index (χ2v) is 9.03. The monoisotopic (exact) mass is 414 g/mol. The average molecular weight is 415 g/mol. The van der Waals surface area contributed by atoms with Gasteiger partial charge in [0.2, 0.25) is 0 Å². The molecule has 5 nitrogen and oxygen atoms in total. The molecule has 0 unspecified atom stereocenters. The molecule has 25 heavy (non-hydrogen) atoms. The lowest BCUT2D eigenvalue weighted by atomic mass is 10.1. The van der Waals surface area contributed by atoms with Gasteiger partial charge in [0.25, 0.3) is 5.56 Å². The van der Waals surface area contributed by atoms with E-state index in [4.69, 9.17) is 23.2 Å². The van der Waals surface area contributed by atoms with Crippen LogP contribution in [0.4, 0.5) is 0 Å². The second kappa shape index (κ2) is 6.64. The lowest BCUT2D eigenvalue weighted by molar-refractivity contribution is -0.138.